The van der Waals surface area contributed by atoms with Crippen LogP contribution in [0.2, 0.25) is 0 Å². The van der Waals surface area contributed by atoms with Gasteiger partial charge in [-0.05, 0) is 34.9 Å². The molecule has 1 rings (SSSR count). The predicted octanol–water partition coefficient (Wildman–Crippen LogP) is 0.828. The van der Waals surface area contributed by atoms with E-state index in [4.69, 9.17) is 0 Å². The summed E-state index contributed by atoms with van der Waals surface area (Å²) < 4.78 is 1.73. The number of aryl methyl sites for hydroxylation is 1. The zero-order valence-electron chi connectivity index (χ0n) is 13.8. The highest BCUT2D eigenvalue weighted by atomic mass is 127. The molecular weight excluding hydrogens is 381 g/mol. The summed E-state index contributed by atoms with van der Waals surface area (Å²) in [5, 5.41) is 10.6. The summed E-state index contributed by atoms with van der Waals surface area (Å²) in [5.41, 5.74) is 0.0565. The fourth-order valence-electron chi connectivity index (χ4n) is 1.41. The number of guanidine groups is 1. The van der Waals surface area contributed by atoms with E-state index >= 15 is 0 Å². The molecule has 0 aliphatic rings. The zero-order chi connectivity index (χ0) is 15.2. The molecule has 0 saturated carbocycles. The monoisotopic (exact) mass is 409 g/mol. The first-order valence-corrected chi connectivity index (χ1v) is 6.89. The van der Waals surface area contributed by atoms with Crippen molar-refractivity contribution >= 4 is 29.9 Å². The van der Waals surface area contributed by atoms with Crippen LogP contribution >= 0.6 is 24.0 Å². The Bertz CT molecular complexity index is 439. The lowest BCUT2D eigenvalue weighted by Crippen LogP contribution is -2.50. The maximum Gasteiger partial charge on any atom is 0.191 e. The third kappa shape index (κ3) is 6.60. The molecule has 8 heteroatoms. The summed E-state index contributed by atoms with van der Waals surface area (Å²) in [4.78, 5) is 10.9. The summed E-state index contributed by atoms with van der Waals surface area (Å²) in [6, 6.07) is 0. The van der Waals surface area contributed by atoms with Crippen LogP contribution in [-0.4, -0.2) is 58.3 Å². The molecule has 0 amide bonds. The lowest BCUT2D eigenvalue weighted by Gasteiger charge is -2.33. The van der Waals surface area contributed by atoms with Crippen LogP contribution in [0.1, 0.15) is 26.6 Å². The molecule has 21 heavy (non-hydrogen) atoms. The first-order chi connectivity index (χ1) is 9.36. The molecule has 2 N–H and O–H groups in total. The van der Waals surface area contributed by atoms with Crippen molar-refractivity contribution in [3.8, 4) is 0 Å². The van der Waals surface area contributed by atoms with Crippen LogP contribution in [0.5, 0.6) is 0 Å². The third-order valence-electron chi connectivity index (χ3n) is 3.43. The minimum Gasteiger partial charge on any atom is -0.357 e. The second kappa shape index (κ2) is 9.19. The summed E-state index contributed by atoms with van der Waals surface area (Å²) in [7, 11) is 6.02. The molecule has 0 fully saturated rings. The van der Waals surface area contributed by atoms with Gasteiger partial charge in [-0.1, -0.05) is 0 Å². The maximum absolute atomic E-state index is 4.53. The first-order valence-electron chi connectivity index (χ1n) is 6.89. The molecule has 1 aromatic heterocycles. The van der Waals surface area contributed by atoms with Crippen molar-refractivity contribution in [2.24, 2.45) is 12.0 Å². The molecule has 1 aromatic rings. The van der Waals surface area contributed by atoms with Gasteiger partial charge in [0.15, 0.2) is 5.96 Å². The number of halogens is 1. The highest BCUT2D eigenvalue weighted by Crippen LogP contribution is 2.07. The van der Waals surface area contributed by atoms with Gasteiger partial charge >= 0.3 is 0 Å². The van der Waals surface area contributed by atoms with Crippen molar-refractivity contribution in [3.63, 3.8) is 0 Å². The number of nitrogens with zero attached hydrogens (tertiary/aromatic N) is 5. The molecule has 0 aromatic carbocycles. The van der Waals surface area contributed by atoms with E-state index < -0.39 is 0 Å². The summed E-state index contributed by atoms with van der Waals surface area (Å²) >= 11 is 0. The second-order valence-corrected chi connectivity index (χ2v) is 5.56. The Labute approximate surface area is 144 Å². The minimum atomic E-state index is 0. The van der Waals surface area contributed by atoms with Crippen molar-refractivity contribution in [2.45, 2.75) is 32.9 Å². The van der Waals surface area contributed by atoms with Crippen LogP contribution in [0.4, 0.5) is 0 Å². The van der Waals surface area contributed by atoms with Crippen molar-refractivity contribution < 1.29 is 0 Å². The van der Waals surface area contributed by atoms with Crippen molar-refractivity contribution in [1.29, 1.82) is 0 Å². The largest absolute Gasteiger partial charge is 0.357 e. The van der Waals surface area contributed by atoms with Gasteiger partial charge in [0.25, 0.3) is 0 Å². The normalized spacial score (nSPS) is 12.2. The summed E-state index contributed by atoms with van der Waals surface area (Å²) in [5.74, 6) is 1.64. The van der Waals surface area contributed by atoms with Crippen LogP contribution < -0.4 is 10.6 Å². The molecule has 0 radical (unpaired) electrons. The number of rotatable bonds is 6. The lowest BCUT2D eigenvalue weighted by atomic mass is 10.0. The van der Waals surface area contributed by atoms with Crippen molar-refractivity contribution in [3.05, 3.63) is 12.2 Å². The maximum atomic E-state index is 4.53. The van der Waals surface area contributed by atoms with E-state index in [0.717, 1.165) is 24.9 Å². The van der Waals surface area contributed by atoms with Crippen molar-refractivity contribution in [1.82, 2.24) is 30.3 Å². The average Bonchev–Trinajstić information content (AvgIpc) is 2.78. The zero-order valence-corrected chi connectivity index (χ0v) is 16.2. The molecule has 0 atom stereocenters. The van der Waals surface area contributed by atoms with Gasteiger partial charge in [0.2, 0.25) is 0 Å². The molecule has 0 aliphatic heterocycles. The molecule has 1 heterocycles. The highest BCUT2D eigenvalue weighted by molar-refractivity contribution is 14.0. The number of nitrogens with one attached hydrogen (secondary N) is 2. The number of hydrogen-bond acceptors (Lipinski definition) is 4. The van der Waals surface area contributed by atoms with Gasteiger partial charge in [-0.15, -0.1) is 24.0 Å². The standard InChI is InChI=1S/C13H27N7.HI/c1-7-14-12(16-9-13(2,3)19(4)5)15-8-11-17-10-18-20(11)6;/h10H,7-9H2,1-6H3,(H2,14,15,16);1H. The Balaban J connectivity index is 0.00000400. The van der Waals surface area contributed by atoms with Gasteiger partial charge in [0.05, 0.1) is 0 Å². The van der Waals surface area contributed by atoms with E-state index in [1.165, 1.54) is 0 Å². The molecule has 0 saturated heterocycles. The molecule has 0 unspecified atom stereocenters. The SMILES string of the molecule is CCNC(=NCc1ncnn1C)NCC(C)(C)N(C)C.I. The number of likely N-dealkylation sites (N-methyl/N-ethyl adjacent to an activating group) is 1. The Kier molecular flexibility index (Phi) is 8.79. The van der Waals surface area contributed by atoms with Gasteiger partial charge in [-0.2, -0.15) is 5.10 Å². The van der Waals surface area contributed by atoms with Gasteiger partial charge in [0, 0.05) is 25.7 Å². The highest BCUT2D eigenvalue weighted by Gasteiger charge is 2.20. The van der Waals surface area contributed by atoms with Gasteiger partial charge in [-0.3, -0.25) is 4.68 Å². The molecule has 122 valence electrons. The van der Waals surface area contributed by atoms with Crippen LogP contribution in [0.25, 0.3) is 0 Å². The third-order valence-corrected chi connectivity index (χ3v) is 3.43. The Morgan fingerprint density at radius 2 is 2.05 bits per heavy atom. The first kappa shape index (κ1) is 20.1. The Morgan fingerprint density at radius 3 is 2.52 bits per heavy atom. The Morgan fingerprint density at radius 1 is 1.38 bits per heavy atom. The quantitative estimate of drug-likeness (QED) is 0.414. The van der Waals surface area contributed by atoms with Gasteiger partial charge < -0.3 is 15.5 Å². The van der Waals surface area contributed by atoms with Crippen LogP contribution in [0.3, 0.4) is 0 Å². The fraction of sp³-hybridized carbons (Fsp3) is 0.769. The van der Waals surface area contributed by atoms with Crippen LogP contribution in [-0.2, 0) is 13.6 Å². The second-order valence-electron chi connectivity index (χ2n) is 5.56. The summed E-state index contributed by atoms with van der Waals surface area (Å²) in [6.07, 6.45) is 1.54. The molecule has 0 bridgehead atoms. The molecule has 0 spiro atoms. The topological polar surface area (TPSA) is 70.4 Å². The van der Waals surface area contributed by atoms with E-state index in [1.54, 1.807) is 11.0 Å². The van der Waals surface area contributed by atoms with E-state index in [9.17, 15) is 0 Å². The molecular formula is C13H28IN7. The Hall–Kier alpha value is -0.900. The van der Waals surface area contributed by atoms with Gasteiger partial charge in [0.1, 0.15) is 18.7 Å². The van der Waals surface area contributed by atoms with E-state index in [-0.39, 0.29) is 29.5 Å². The van der Waals surface area contributed by atoms with E-state index in [1.807, 2.05) is 7.05 Å². The van der Waals surface area contributed by atoms with Crippen LogP contribution in [0, 0.1) is 0 Å². The predicted molar refractivity (Wildman–Crippen MR) is 97.0 cm³/mol. The number of aliphatic imine (C=N–C) groups is 1. The molecule has 7 nitrogen and oxygen atoms in total. The summed E-state index contributed by atoms with van der Waals surface area (Å²) in [6.45, 7) is 8.57. The number of aromatic nitrogens is 3. The fourth-order valence-corrected chi connectivity index (χ4v) is 1.41. The lowest BCUT2D eigenvalue weighted by molar-refractivity contribution is 0.197. The van der Waals surface area contributed by atoms with Gasteiger partial charge in [-0.25, -0.2) is 9.98 Å². The van der Waals surface area contributed by atoms with Crippen LogP contribution in [0.15, 0.2) is 11.3 Å². The van der Waals surface area contributed by atoms with Crippen molar-refractivity contribution in [2.75, 3.05) is 27.2 Å². The van der Waals surface area contributed by atoms with E-state index in [0.29, 0.717) is 6.54 Å². The smallest absolute Gasteiger partial charge is 0.191 e. The van der Waals surface area contributed by atoms with E-state index in [2.05, 4.69) is 65.5 Å². The molecule has 0 aliphatic carbocycles. The minimum absolute atomic E-state index is 0. The average molecular weight is 409 g/mol. The number of hydrogen-bond donors (Lipinski definition) is 2.